The van der Waals surface area contributed by atoms with Crippen molar-refractivity contribution in [2.45, 2.75) is 25.8 Å². The Morgan fingerprint density at radius 1 is 1.26 bits per heavy atom. The smallest absolute Gasteiger partial charge is 0.307 e. The van der Waals surface area contributed by atoms with Gasteiger partial charge in [0.05, 0.1) is 27.1 Å². The summed E-state index contributed by atoms with van der Waals surface area (Å²) in [5.74, 6) is 0.185. The highest BCUT2D eigenvalue weighted by molar-refractivity contribution is 5.80. The molecule has 0 spiro atoms. The van der Waals surface area contributed by atoms with Crippen LogP contribution in [0.25, 0.3) is 0 Å². The van der Waals surface area contributed by atoms with Crippen molar-refractivity contribution < 1.29 is 19.1 Å². The first-order chi connectivity index (χ1) is 9.06. The third kappa shape index (κ3) is 4.99. The number of ether oxygens (including phenoxy) is 2. The number of benzene rings is 1. The van der Waals surface area contributed by atoms with E-state index >= 15 is 0 Å². The summed E-state index contributed by atoms with van der Waals surface area (Å²) in [7, 11) is 2.89. The van der Waals surface area contributed by atoms with E-state index in [2.05, 4.69) is 10.1 Å². The monoisotopic (exact) mass is 265 g/mol. The SMILES string of the molecule is COC(=O)CC(C)NC(=O)Cc1ccccc1OC. The van der Waals surface area contributed by atoms with Crippen molar-refractivity contribution in [2.24, 2.45) is 0 Å². The minimum Gasteiger partial charge on any atom is -0.496 e. The van der Waals surface area contributed by atoms with Gasteiger partial charge in [-0.1, -0.05) is 18.2 Å². The zero-order valence-corrected chi connectivity index (χ0v) is 11.4. The van der Waals surface area contributed by atoms with Crippen LogP contribution in [0.3, 0.4) is 0 Å². The molecule has 0 saturated heterocycles. The lowest BCUT2D eigenvalue weighted by atomic mass is 10.1. The predicted octanol–water partition coefficient (Wildman–Crippen LogP) is 1.31. The molecule has 5 heteroatoms. The normalized spacial score (nSPS) is 11.5. The number of para-hydroxylation sites is 1. The molecule has 0 saturated carbocycles. The molecule has 104 valence electrons. The van der Waals surface area contributed by atoms with E-state index < -0.39 is 0 Å². The highest BCUT2D eigenvalue weighted by atomic mass is 16.5. The number of nitrogens with one attached hydrogen (secondary N) is 1. The largest absolute Gasteiger partial charge is 0.496 e. The molecule has 1 amide bonds. The molecular formula is C14H19NO4. The number of carbonyl (C=O) groups is 2. The van der Waals surface area contributed by atoms with E-state index in [1.807, 2.05) is 18.2 Å². The van der Waals surface area contributed by atoms with Crippen LogP contribution in [-0.4, -0.2) is 32.1 Å². The van der Waals surface area contributed by atoms with Gasteiger partial charge in [0.25, 0.3) is 0 Å². The van der Waals surface area contributed by atoms with Crippen molar-refractivity contribution in [3.05, 3.63) is 29.8 Å². The summed E-state index contributed by atoms with van der Waals surface area (Å²) < 4.78 is 9.73. The molecule has 0 aliphatic heterocycles. The maximum atomic E-state index is 11.8. The van der Waals surface area contributed by atoms with Gasteiger partial charge >= 0.3 is 5.97 Å². The minimum absolute atomic E-state index is 0.152. The zero-order valence-electron chi connectivity index (χ0n) is 11.4. The van der Waals surface area contributed by atoms with Crippen LogP contribution in [0.1, 0.15) is 18.9 Å². The van der Waals surface area contributed by atoms with Gasteiger partial charge in [0.2, 0.25) is 5.91 Å². The Bertz CT molecular complexity index is 445. The summed E-state index contributed by atoms with van der Waals surface area (Å²) in [6.45, 7) is 1.76. The second-order valence-corrected chi connectivity index (χ2v) is 4.24. The molecule has 1 atom stereocenters. The van der Waals surface area contributed by atoms with Gasteiger partial charge in [0.15, 0.2) is 0 Å². The zero-order chi connectivity index (χ0) is 14.3. The summed E-state index contributed by atoms with van der Waals surface area (Å²) >= 11 is 0. The van der Waals surface area contributed by atoms with Crippen molar-refractivity contribution >= 4 is 11.9 Å². The Balaban J connectivity index is 2.53. The van der Waals surface area contributed by atoms with Crippen molar-refractivity contribution in [3.63, 3.8) is 0 Å². The van der Waals surface area contributed by atoms with Crippen LogP contribution in [0.5, 0.6) is 5.75 Å². The van der Waals surface area contributed by atoms with Gasteiger partial charge in [0.1, 0.15) is 5.75 Å². The lowest BCUT2D eigenvalue weighted by molar-refractivity contribution is -0.141. The first kappa shape index (κ1) is 15.0. The number of methoxy groups -OCH3 is 2. The Kier molecular flexibility index (Phi) is 5.85. The molecule has 1 rings (SSSR count). The molecule has 0 radical (unpaired) electrons. The molecule has 0 bridgehead atoms. The molecule has 1 aromatic carbocycles. The minimum atomic E-state index is -0.343. The van der Waals surface area contributed by atoms with Crippen LogP contribution in [0.4, 0.5) is 0 Å². The third-order valence-corrected chi connectivity index (χ3v) is 2.65. The van der Waals surface area contributed by atoms with E-state index in [1.54, 1.807) is 20.1 Å². The van der Waals surface area contributed by atoms with Crippen LogP contribution in [-0.2, 0) is 20.7 Å². The highest BCUT2D eigenvalue weighted by Crippen LogP contribution is 2.17. The molecule has 0 aromatic heterocycles. The summed E-state index contributed by atoms with van der Waals surface area (Å²) in [6, 6.07) is 7.09. The van der Waals surface area contributed by atoms with Crippen LogP contribution in [0.2, 0.25) is 0 Å². The molecule has 0 fully saturated rings. The van der Waals surface area contributed by atoms with E-state index in [-0.39, 0.29) is 30.8 Å². The molecule has 19 heavy (non-hydrogen) atoms. The van der Waals surface area contributed by atoms with Gasteiger partial charge in [-0.05, 0) is 13.0 Å². The van der Waals surface area contributed by atoms with E-state index in [4.69, 9.17) is 4.74 Å². The number of carbonyl (C=O) groups excluding carboxylic acids is 2. The van der Waals surface area contributed by atoms with E-state index in [0.717, 1.165) is 5.56 Å². The van der Waals surface area contributed by atoms with Crippen LogP contribution in [0.15, 0.2) is 24.3 Å². The van der Waals surface area contributed by atoms with Gasteiger partial charge < -0.3 is 14.8 Å². The summed E-state index contributed by atoms with van der Waals surface area (Å²) in [4.78, 5) is 22.9. The van der Waals surface area contributed by atoms with Gasteiger partial charge in [-0.2, -0.15) is 0 Å². The van der Waals surface area contributed by atoms with Crippen molar-refractivity contribution in [1.29, 1.82) is 0 Å². The fourth-order valence-corrected chi connectivity index (χ4v) is 1.73. The van der Waals surface area contributed by atoms with Crippen LogP contribution >= 0.6 is 0 Å². The van der Waals surface area contributed by atoms with Crippen LogP contribution < -0.4 is 10.1 Å². The number of esters is 1. The first-order valence-corrected chi connectivity index (χ1v) is 6.05. The second kappa shape index (κ2) is 7.41. The Morgan fingerprint density at radius 2 is 1.95 bits per heavy atom. The Labute approximate surface area is 112 Å². The number of hydrogen-bond donors (Lipinski definition) is 1. The van der Waals surface area contributed by atoms with E-state index in [0.29, 0.717) is 5.75 Å². The number of hydrogen-bond acceptors (Lipinski definition) is 4. The molecule has 0 aliphatic carbocycles. The molecule has 1 N–H and O–H groups in total. The predicted molar refractivity (Wildman–Crippen MR) is 70.9 cm³/mol. The first-order valence-electron chi connectivity index (χ1n) is 6.05. The standard InChI is InChI=1S/C14H19NO4/c1-10(8-14(17)19-3)15-13(16)9-11-6-4-5-7-12(11)18-2/h4-7,10H,8-9H2,1-3H3,(H,15,16). The highest BCUT2D eigenvalue weighted by Gasteiger charge is 2.13. The molecule has 0 heterocycles. The quantitative estimate of drug-likeness (QED) is 0.788. The van der Waals surface area contributed by atoms with Gasteiger partial charge in [-0.3, -0.25) is 9.59 Å². The lowest BCUT2D eigenvalue weighted by Gasteiger charge is -2.13. The van der Waals surface area contributed by atoms with Gasteiger partial charge in [-0.15, -0.1) is 0 Å². The number of amides is 1. The summed E-state index contributed by atoms with van der Waals surface area (Å²) in [5, 5.41) is 2.75. The summed E-state index contributed by atoms with van der Waals surface area (Å²) in [5.41, 5.74) is 0.813. The third-order valence-electron chi connectivity index (χ3n) is 2.65. The topological polar surface area (TPSA) is 64.6 Å². The molecule has 5 nitrogen and oxygen atoms in total. The fourth-order valence-electron chi connectivity index (χ4n) is 1.73. The van der Waals surface area contributed by atoms with Crippen LogP contribution in [0, 0.1) is 0 Å². The Hall–Kier alpha value is -2.04. The number of rotatable bonds is 6. The Morgan fingerprint density at radius 3 is 2.58 bits per heavy atom. The molecule has 0 aliphatic rings. The average Bonchev–Trinajstić information content (AvgIpc) is 2.38. The van der Waals surface area contributed by atoms with Gasteiger partial charge in [0, 0.05) is 11.6 Å². The second-order valence-electron chi connectivity index (χ2n) is 4.24. The lowest BCUT2D eigenvalue weighted by Crippen LogP contribution is -2.35. The van der Waals surface area contributed by atoms with Crippen molar-refractivity contribution in [2.75, 3.05) is 14.2 Å². The molecule has 1 aromatic rings. The fraction of sp³-hybridized carbons (Fsp3) is 0.429. The maximum absolute atomic E-state index is 11.8. The van der Waals surface area contributed by atoms with E-state index in [9.17, 15) is 9.59 Å². The molecular weight excluding hydrogens is 246 g/mol. The summed E-state index contributed by atoms with van der Waals surface area (Å²) in [6.07, 6.45) is 0.379. The average molecular weight is 265 g/mol. The van der Waals surface area contributed by atoms with Crippen molar-refractivity contribution in [1.82, 2.24) is 5.32 Å². The molecule has 1 unspecified atom stereocenters. The maximum Gasteiger partial charge on any atom is 0.307 e. The van der Waals surface area contributed by atoms with E-state index in [1.165, 1.54) is 7.11 Å². The van der Waals surface area contributed by atoms with Gasteiger partial charge in [-0.25, -0.2) is 0 Å². The van der Waals surface area contributed by atoms with Crippen molar-refractivity contribution in [3.8, 4) is 5.75 Å².